The molecule has 0 aromatic rings. The van der Waals surface area contributed by atoms with Gasteiger partial charge in [-0.3, -0.25) is 0 Å². The van der Waals surface area contributed by atoms with Gasteiger partial charge in [0.05, 0.1) is 26.4 Å². The van der Waals surface area contributed by atoms with Crippen molar-refractivity contribution in [2.24, 2.45) is 0 Å². The molecule has 140 valence electrons. The van der Waals surface area contributed by atoms with Gasteiger partial charge in [0.15, 0.2) is 0 Å². The molecular weight excluding hydrogens is 300 g/mol. The predicted molar refractivity (Wildman–Crippen MR) is 89.9 cm³/mol. The zero-order valence-corrected chi connectivity index (χ0v) is 15.1. The highest BCUT2D eigenvalue weighted by Gasteiger charge is 2.13. The van der Waals surface area contributed by atoms with E-state index < -0.39 is 0 Å². The Hall–Kier alpha value is -0.240. The van der Waals surface area contributed by atoms with E-state index in [0.29, 0.717) is 52.7 Å². The number of aliphatic hydroxyl groups is 1. The van der Waals surface area contributed by atoms with Crippen LogP contribution in [0.25, 0.3) is 0 Å². The van der Waals surface area contributed by atoms with Crippen LogP contribution in [-0.2, 0) is 23.7 Å². The number of aliphatic hydroxyl groups excluding tert-OH is 1. The van der Waals surface area contributed by atoms with Gasteiger partial charge in [0.25, 0.3) is 0 Å². The number of unbranched alkanes of at least 4 members (excludes halogenated alkanes) is 1. The zero-order chi connectivity index (χ0) is 17.2. The lowest BCUT2D eigenvalue weighted by atomic mass is 10.3. The van der Waals surface area contributed by atoms with Crippen molar-refractivity contribution in [3.05, 3.63) is 0 Å². The molecule has 0 spiro atoms. The summed E-state index contributed by atoms with van der Waals surface area (Å²) < 4.78 is 28.0. The van der Waals surface area contributed by atoms with E-state index in [1.165, 1.54) is 0 Å². The van der Waals surface area contributed by atoms with Gasteiger partial charge in [-0.25, -0.2) is 0 Å². The van der Waals surface area contributed by atoms with Gasteiger partial charge in [-0.1, -0.05) is 13.3 Å². The van der Waals surface area contributed by atoms with E-state index in [1.54, 1.807) is 0 Å². The van der Waals surface area contributed by atoms with E-state index in [0.717, 1.165) is 19.4 Å². The Kier molecular flexibility index (Phi) is 17.9. The van der Waals surface area contributed by atoms with E-state index in [9.17, 15) is 0 Å². The molecule has 0 fully saturated rings. The maximum absolute atomic E-state index is 8.84. The second kappa shape index (κ2) is 18.1. The summed E-state index contributed by atoms with van der Waals surface area (Å²) in [6.07, 6.45) is 2.61. The lowest BCUT2D eigenvalue weighted by molar-refractivity contribution is -0.0937. The predicted octanol–water partition coefficient (Wildman–Crippen LogP) is 2.03. The van der Waals surface area contributed by atoms with Gasteiger partial charge in [-0.2, -0.15) is 0 Å². The topological polar surface area (TPSA) is 66.4 Å². The highest BCUT2D eigenvalue weighted by atomic mass is 16.6. The smallest absolute Gasteiger partial charge is 0.104 e. The van der Waals surface area contributed by atoms with Crippen LogP contribution in [0.15, 0.2) is 0 Å². The third-order valence-electron chi connectivity index (χ3n) is 3.12. The molecule has 0 aromatic carbocycles. The molecule has 0 aromatic heterocycles. The van der Waals surface area contributed by atoms with Crippen molar-refractivity contribution in [3.8, 4) is 0 Å². The Bertz CT molecular complexity index is 227. The molecule has 2 unspecified atom stereocenters. The van der Waals surface area contributed by atoms with Gasteiger partial charge in [0, 0.05) is 33.0 Å². The summed E-state index contributed by atoms with van der Waals surface area (Å²) in [7, 11) is 0. The molecule has 0 rings (SSSR count). The van der Waals surface area contributed by atoms with Crippen molar-refractivity contribution in [1.82, 2.24) is 0 Å². The van der Waals surface area contributed by atoms with Crippen LogP contribution in [0.4, 0.5) is 0 Å². The van der Waals surface area contributed by atoms with E-state index in [4.69, 9.17) is 28.8 Å². The highest BCUT2D eigenvalue weighted by Crippen LogP contribution is 2.01. The first-order chi connectivity index (χ1) is 11.3. The quantitative estimate of drug-likeness (QED) is 0.386. The summed E-state index contributed by atoms with van der Waals surface area (Å²) in [5.41, 5.74) is 0. The zero-order valence-electron chi connectivity index (χ0n) is 15.1. The molecule has 0 aliphatic carbocycles. The summed E-state index contributed by atoms with van der Waals surface area (Å²) in [4.78, 5) is 0. The number of ether oxygens (including phenoxy) is 5. The largest absolute Gasteiger partial charge is 0.396 e. The SMILES string of the molecule is CCCCOCC(COCC(COCC)OCC)OCCCO. The van der Waals surface area contributed by atoms with Crippen molar-refractivity contribution in [2.45, 2.75) is 52.2 Å². The molecule has 0 bridgehead atoms. The van der Waals surface area contributed by atoms with Gasteiger partial charge in [-0.15, -0.1) is 0 Å². The molecule has 6 heteroatoms. The molecule has 0 aliphatic heterocycles. The maximum atomic E-state index is 8.84. The van der Waals surface area contributed by atoms with Gasteiger partial charge < -0.3 is 28.8 Å². The Balaban J connectivity index is 4.01. The van der Waals surface area contributed by atoms with E-state index in [2.05, 4.69) is 6.92 Å². The van der Waals surface area contributed by atoms with Crippen LogP contribution < -0.4 is 0 Å². The van der Waals surface area contributed by atoms with Gasteiger partial charge in [-0.05, 0) is 26.7 Å². The van der Waals surface area contributed by atoms with Crippen LogP contribution in [0, 0.1) is 0 Å². The van der Waals surface area contributed by atoms with Gasteiger partial charge >= 0.3 is 0 Å². The Morgan fingerprint density at radius 2 is 1.35 bits per heavy atom. The number of rotatable bonds is 18. The van der Waals surface area contributed by atoms with Crippen molar-refractivity contribution in [2.75, 3.05) is 59.5 Å². The van der Waals surface area contributed by atoms with E-state index in [-0.39, 0.29) is 18.8 Å². The monoisotopic (exact) mass is 336 g/mol. The number of hydrogen-bond acceptors (Lipinski definition) is 6. The molecule has 0 heterocycles. The lowest BCUT2D eigenvalue weighted by Crippen LogP contribution is -2.31. The molecule has 0 radical (unpaired) electrons. The lowest BCUT2D eigenvalue weighted by Gasteiger charge is -2.21. The van der Waals surface area contributed by atoms with Crippen molar-refractivity contribution in [3.63, 3.8) is 0 Å². The fraction of sp³-hybridized carbons (Fsp3) is 1.00. The fourth-order valence-electron chi connectivity index (χ4n) is 1.88. The number of hydrogen-bond donors (Lipinski definition) is 1. The molecule has 1 N–H and O–H groups in total. The summed E-state index contributed by atoms with van der Waals surface area (Å²) in [6, 6.07) is 0. The first-order valence-corrected chi connectivity index (χ1v) is 8.85. The minimum Gasteiger partial charge on any atom is -0.396 e. The molecule has 0 saturated heterocycles. The molecule has 23 heavy (non-hydrogen) atoms. The minimum atomic E-state index is -0.118. The molecular formula is C17H36O6. The van der Waals surface area contributed by atoms with Crippen molar-refractivity contribution < 1.29 is 28.8 Å². The first-order valence-electron chi connectivity index (χ1n) is 8.85. The fourth-order valence-corrected chi connectivity index (χ4v) is 1.88. The first kappa shape index (κ1) is 22.8. The third-order valence-corrected chi connectivity index (χ3v) is 3.12. The standard InChI is InChI=1S/C17H36O6/c1-4-7-10-20-13-17(23-11-8-9-18)15-21-14-16(22-6-3)12-19-5-2/h16-18H,4-15H2,1-3H3. The van der Waals surface area contributed by atoms with Crippen LogP contribution in [0.3, 0.4) is 0 Å². The van der Waals surface area contributed by atoms with Crippen LogP contribution in [0.5, 0.6) is 0 Å². The molecule has 6 nitrogen and oxygen atoms in total. The minimum absolute atomic E-state index is 0.0564. The second-order valence-corrected chi connectivity index (χ2v) is 5.27. The Labute approximate surface area is 141 Å². The van der Waals surface area contributed by atoms with Crippen LogP contribution in [0.2, 0.25) is 0 Å². The molecule has 0 amide bonds. The van der Waals surface area contributed by atoms with Gasteiger partial charge in [0.1, 0.15) is 12.2 Å². The normalized spacial score (nSPS) is 14.1. The summed E-state index contributed by atoms with van der Waals surface area (Å²) >= 11 is 0. The molecule has 2 atom stereocenters. The maximum Gasteiger partial charge on any atom is 0.104 e. The Morgan fingerprint density at radius 3 is 1.96 bits per heavy atom. The summed E-state index contributed by atoms with van der Waals surface area (Å²) in [6.45, 7) is 10.7. The van der Waals surface area contributed by atoms with Crippen LogP contribution in [0.1, 0.15) is 40.0 Å². The van der Waals surface area contributed by atoms with Crippen molar-refractivity contribution in [1.29, 1.82) is 0 Å². The second-order valence-electron chi connectivity index (χ2n) is 5.27. The van der Waals surface area contributed by atoms with Crippen LogP contribution in [-0.4, -0.2) is 76.8 Å². The molecule has 0 aliphatic rings. The average Bonchev–Trinajstić information content (AvgIpc) is 2.56. The summed E-state index contributed by atoms with van der Waals surface area (Å²) in [5.74, 6) is 0. The Morgan fingerprint density at radius 1 is 0.696 bits per heavy atom. The summed E-state index contributed by atoms with van der Waals surface area (Å²) in [5, 5.41) is 8.84. The van der Waals surface area contributed by atoms with Gasteiger partial charge in [0.2, 0.25) is 0 Å². The van der Waals surface area contributed by atoms with E-state index in [1.807, 2.05) is 13.8 Å². The molecule has 0 saturated carbocycles. The highest BCUT2D eigenvalue weighted by molar-refractivity contribution is 4.60. The van der Waals surface area contributed by atoms with E-state index >= 15 is 0 Å². The average molecular weight is 336 g/mol. The van der Waals surface area contributed by atoms with Crippen molar-refractivity contribution >= 4 is 0 Å². The van der Waals surface area contributed by atoms with Crippen LogP contribution >= 0.6 is 0 Å². The third kappa shape index (κ3) is 15.1.